The van der Waals surface area contributed by atoms with E-state index >= 15 is 0 Å². The number of amides is 3. The average molecular weight is 350 g/mol. The number of imide groups is 1. The highest BCUT2D eigenvalue weighted by Gasteiger charge is 2.33. The van der Waals surface area contributed by atoms with Gasteiger partial charge in [-0.3, -0.25) is 9.69 Å². The molecule has 3 rings (SSSR count). The Kier molecular flexibility index (Phi) is 4.84. The summed E-state index contributed by atoms with van der Waals surface area (Å²) in [5, 5.41) is 2.59. The lowest BCUT2D eigenvalue weighted by Gasteiger charge is -2.12. The van der Waals surface area contributed by atoms with Crippen molar-refractivity contribution in [1.29, 1.82) is 0 Å². The number of ether oxygens (including phenoxy) is 1. The highest BCUT2D eigenvalue weighted by atomic mass is 16.5. The zero-order valence-corrected chi connectivity index (χ0v) is 14.5. The summed E-state index contributed by atoms with van der Waals surface area (Å²) in [6, 6.07) is 13.8. The predicted molar refractivity (Wildman–Crippen MR) is 96.0 cm³/mol. The highest BCUT2D eigenvalue weighted by molar-refractivity contribution is 6.13. The smallest absolute Gasteiger partial charge is 0.337 e. The monoisotopic (exact) mass is 350 g/mol. The minimum atomic E-state index is -0.450. The molecule has 2 aromatic rings. The van der Waals surface area contributed by atoms with E-state index in [0.29, 0.717) is 11.1 Å². The van der Waals surface area contributed by atoms with Gasteiger partial charge in [0.05, 0.1) is 19.2 Å². The lowest BCUT2D eigenvalue weighted by molar-refractivity contribution is -0.123. The number of nitrogens with one attached hydrogen (secondary N) is 1. The first-order valence-electron chi connectivity index (χ1n) is 8.06. The van der Waals surface area contributed by atoms with Crippen molar-refractivity contribution in [3.63, 3.8) is 0 Å². The minimum absolute atomic E-state index is 0.202. The molecule has 0 bridgehead atoms. The van der Waals surface area contributed by atoms with Crippen molar-refractivity contribution < 1.29 is 19.1 Å². The van der Waals surface area contributed by atoms with Gasteiger partial charge >= 0.3 is 12.0 Å². The van der Waals surface area contributed by atoms with Crippen molar-refractivity contribution in [2.45, 2.75) is 13.5 Å². The summed E-state index contributed by atoms with van der Waals surface area (Å²) in [7, 11) is 1.31. The second kappa shape index (κ2) is 7.23. The van der Waals surface area contributed by atoms with Crippen molar-refractivity contribution in [2.75, 3.05) is 7.11 Å². The summed E-state index contributed by atoms with van der Waals surface area (Å²) in [5.74, 6) is -0.813. The van der Waals surface area contributed by atoms with Gasteiger partial charge in [0.1, 0.15) is 5.70 Å². The van der Waals surface area contributed by atoms with E-state index in [-0.39, 0.29) is 18.1 Å². The van der Waals surface area contributed by atoms with Crippen molar-refractivity contribution in [2.24, 2.45) is 0 Å². The van der Waals surface area contributed by atoms with Crippen LogP contribution in [0.5, 0.6) is 0 Å². The SMILES string of the molecule is COC(=O)c1ccc(/C=C2/NC(=O)N(Cc3cccc(C)c3)C2=O)cc1. The maximum Gasteiger partial charge on any atom is 0.337 e. The van der Waals surface area contributed by atoms with E-state index in [1.54, 1.807) is 30.3 Å². The van der Waals surface area contributed by atoms with Crippen LogP contribution in [0.1, 0.15) is 27.0 Å². The van der Waals surface area contributed by atoms with E-state index in [9.17, 15) is 14.4 Å². The summed E-state index contributed by atoms with van der Waals surface area (Å²) in [4.78, 5) is 37.3. The molecule has 0 atom stereocenters. The Labute approximate surface area is 151 Å². The van der Waals surface area contributed by atoms with Crippen LogP contribution in [0, 0.1) is 6.92 Å². The maximum absolute atomic E-state index is 12.5. The van der Waals surface area contributed by atoms with Crippen LogP contribution in [0.3, 0.4) is 0 Å². The Morgan fingerprint density at radius 2 is 1.88 bits per heavy atom. The Bertz CT molecular complexity index is 900. The molecule has 6 nitrogen and oxygen atoms in total. The van der Waals surface area contributed by atoms with Gasteiger partial charge in [-0.1, -0.05) is 42.0 Å². The molecule has 6 heteroatoms. The molecule has 0 radical (unpaired) electrons. The number of aryl methyl sites for hydroxylation is 1. The number of carbonyl (C=O) groups is 3. The van der Waals surface area contributed by atoms with Crippen LogP contribution >= 0.6 is 0 Å². The molecule has 0 saturated carbocycles. The lowest BCUT2D eigenvalue weighted by atomic mass is 10.1. The molecular weight excluding hydrogens is 332 g/mol. The van der Waals surface area contributed by atoms with E-state index in [1.807, 2.05) is 31.2 Å². The Hall–Kier alpha value is -3.41. The molecule has 1 heterocycles. The molecule has 3 amide bonds. The van der Waals surface area contributed by atoms with Crippen molar-refractivity contribution >= 4 is 24.0 Å². The molecular formula is C20H18N2O4. The number of nitrogens with zero attached hydrogens (tertiary/aromatic N) is 1. The zero-order chi connectivity index (χ0) is 18.7. The van der Waals surface area contributed by atoms with Crippen LogP contribution in [0.4, 0.5) is 4.79 Å². The average Bonchev–Trinajstić information content (AvgIpc) is 2.89. The van der Waals surface area contributed by atoms with Gasteiger partial charge in [-0.05, 0) is 36.3 Å². The van der Waals surface area contributed by atoms with Gasteiger partial charge in [-0.25, -0.2) is 9.59 Å². The van der Waals surface area contributed by atoms with Gasteiger partial charge in [-0.15, -0.1) is 0 Å². The number of esters is 1. The molecule has 1 aliphatic heterocycles. The minimum Gasteiger partial charge on any atom is -0.465 e. The number of urea groups is 1. The number of hydrogen-bond donors (Lipinski definition) is 1. The second-order valence-electron chi connectivity index (χ2n) is 5.98. The van der Waals surface area contributed by atoms with Crippen molar-refractivity contribution in [3.8, 4) is 0 Å². The summed E-state index contributed by atoms with van der Waals surface area (Å²) in [6.07, 6.45) is 1.58. The first kappa shape index (κ1) is 17.4. The molecule has 0 unspecified atom stereocenters. The summed E-state index contributed by atoms with van der Waals surface area (Å²) in [5.41, 5.74) is 3.26. The first-order chi connectivity index (χ1) is 12.5. The summed E-state index contributed by atoms with van der Waals surface area (Å²) < 4.78 is 4.65. The maximum atomic E-state index is 12.5. The van der Waals surface area contributed by atoms with Gasteiger partial charge in [0.2, 0.25) is 0 Å². The molecule has 2 aromatic carbocycles. The highest BCUT2D eigenvalue weighted by Crippen LogP contribution is 2.18. The van der Waals surface area contributed by atoms with E-state index < -0.39 is 12.0 Å². The zero-order valence-electron chi connectivity index (χ0n) is 14.5. The molecule has 1 saturated heterocycles. The summed E-state index contributed by atoms with van der Waals surface area (Å²) >= 11 is 0. The third-order valence-electron chi connectivity index (χ3n) is 4.03. The molecule has 1 fully saturated rings. The Balaban J connectivity index is 1.77. The Morgan fingerprint density at radius 3 is 2.54 bits per heavy atom. The van der Waals surface area contributed by atoms with Gasteiger partial charge < -0.3 is 10.1 Å². The molecule has 1 aliphatic rings. The number of carbonyl (C=O) groups excluding carboxylic acids is 3. The molecule has 0 spiro atoms. The van der Waals surface area contributed by atoms with Gasteiger partial charge in [-0.2, -0.15) is 0 Å². The molecule has 0 aliphatic carbocycles. The van der Waals surface area contributed by atoms with Gasteiger partial charge in [0.15, 0.2) is 0 Å². The number of rotatable bonds is 4. The largest absolute Gasteiger partial charge is 0.465 e. The predicted octanol–water partition coefficient (Wildman–Crippen LogP) is 2.87. The van der Waals surface area contributed by atoms with Crippen molar-refractivity contribution in [3.05, 3.63) is 76.5 Å². The van der Waals surface area contributed by atoms with E-state index in [1.165, 1.54) is 12.0 Å². The van der Waals surface area contributed by atoms with Crippen LogP contribution in [-0.4, -0.2) is 29.9 Å². The summed E-state index contributed by atoms with van der Waals surface area (Å²) in [6.45, 7) is 2.17. The van der Waals surface area contributed by atoms with E-state index in [2.05, 4.69) is 10.1 Å². The number of hydrogen-bond acceptors (Lipinski definition) is 4. The fourth-order valence-corrected chi connectivity index (χ4v) is 2.71. The molecule has 26 heavy (non-hydrogen) atoms. The number of benzene rings is 2. The third kappa shape index (κ3) is 3.64. The number of methoxy groups -OCH3 is 1. The fourth-order valence-electron chi connectivity index (χ4n) is 2.71. The lowest BCUT2D eigenvalue weighted by Crippen LogP contribution is -2.30. The Morgan fingerprint density at radius 1 is 1.15 bits per heavy atom. The first-order valence-corrected chi connectivity index (χ1v) is 8.06. The molecule has 1 N–H and O–H groups in total. The third-order valence-corrected chi connectivity index (χ3v) is 4.03. The molecule has 132 valence electrons. The van der Waals surface area contributed by atoms with Gasteiger partial charge in [0.25, 0.3) is 5.91 Å². The normalized spacial score (nSPS) is 15.3. The van der Waals surface area contributed by atoms with Gasteiger partial charge in [0, 0.05) is 0 Å². The van der Waals surface area contributed by atoms with Crippen molar-refractivity contribution in [1.82, 2.24) is 10.2 Å². The molecule has 0 aromatic heterocycles. The van der Waals surface area contributed by atoms with Crippen LogP contribution in [0.2, 0.25) is 0 Å². The topological polar surface area (TPSA) is 75.7 Å². The van der Waals surface area contributed by atoms with Crippen LogP contribution in [0.15, 0.2) is 54.2 Å². The van der Waals surface area contributed by atoms with E-state index in [4.69, 9.17) is 0 Å². The fraction of sp³-hybridized carbons (Fsp3) is 0.150. The standard InChI is InChI=1S/C20H18N2O4/c1-13-4-3-5-15(10-13)12-22-18(23)17(21-20(22)25)11-14-6-8-16(9-7-14)19(24)26-2/h3-11H,12H2,1-2H3,(H,21,25)/b17-11+. The van der Waals surface area contributed by atoms with Crippen LogP contribution in [-0.2, 0) is 16.1 Å². The second-order valence-corrected chi connectivity index (χ2v) is 5.98. The quantitative estimate of drug-likeness (QED) is 0.523. The van der Waals surface area contributed by atoms with E-state index in [0.717, 1.165) is 11.1 Å². The van der Waals surface area contributed by atoms with Crippen LogP contribution < -0.4 is 5.32 Å². The van der Waals surface area contributed by atoms with Crippen LogP contribution in [0.25, 0.3) is 6.08 Å².